The normalized spacial score (nSPS) is 20.2. The highest BCUT2D eigenvalue weighted by Gasteiger charge is 2.39. The molecule has 0 bridgehead atoms. The number of guanidine groups is 1. The Balaban J connectivity index is 1.41. The van der Waals surface area contributed by atoms with Crippen molar-refractivity contribution in [3.63, 3.8) is 0 Å². The third-order valence-corrected chi connectivity index (χ3v) is 6.85. The van der Waals surface area contributed by atoms with Crippen molar-refractivity contribution < 1.29 is 4.42 Å². The lowest BCUT2D eigenvalue weighted by Crippen LogP contribution is -2.62. The first kappa shape index (κ1) is 22.8. The molecule has 2 aliphatic heterocycles. The van der Waals surface area contributed by atoms with E-state index in [4.69, 9.17) is 9.41 Å². The molecule has 7 heteroatoms. The lowest BCUT2D eigenvalue weighted by atomic mass is 9.84. The number of oxazole rings is 1. The summed E-state index contributed by atoms with van der Waals surface area (Å²) < 4.78 is 5.67. The molecule has 3 heterocycles. The van der Waals surface area contributed by atoms with Gasteiger partial charge in [-0.25, -0.2) is 9.98 Å². The van der Waals surface area contributed by atoms with Crippen LogP contribution in [0.1, 0.15) is 44.7 Å². The van der Waals surface area contributed by atoms with Crippen LogP contribution in [0.15, 0.2) is 46.0 Å². The third-order valence-electron chi connectivity index (χ3n) is 6.85. The van der Waals surface area contributed by atoms with Gasteiger partial charge in [0.2, 0.25) is 5.89 Å². The molecule has 0 aliphatic carbocycles. The Labute approximate surface area is 192 Å². The average molecular weight is 439 g/mol. The number of piperidine rings is 2. The Bertz CT molecular complexity index is 850. The van der Waals surface area contributed by atoms with Crippen molar-refractivity contribution in [2.45, 2.75) is 51.1 Å². The van der Waals surface area contributed by atoms with Crippen LogP contribution in [-0.4, -0.2) is 72.6 Å². The van der Waals surface area contributed by atoms with Crippen molar-refractivity contribution in [2.24, 2.45) is 4.99 Å². The number of aliphatic imine (C=N–C) groups is 1. The number of aromatic nitrogens is 1. The maximum absolute atomic E-state index is 5.67. The van der Waals surface area contributed by atoms with Gasteiger partial charge in [0.15, 0.2) is 5.96 Å². The molecular formula is C25H38N6O. The van der Waals surface area contributed by atoms with E-state index < -0.39 is 0 Å². The summed E-state index contributed by atoms with van der Waals surface area (Å²) in [7, 11) is 2.24. The molecule has 2 aromatic rings. The fourth-order valence-corrected chi connectivity index (χ4v) is 4.85. The Hall–Kier alpha value is -2.38. The maximum Gasteiger partial charge on any atom is 0.226 e. The van der Waals surface area contributed by atoms with Gasteiger partial charge in [0, 0.05) is 24.2 Å². The molecule has 0 unspecified atom stereocenters. The van der Waals surface area contributed by atoms with Crippen molar-refractivity contribution in [3.8, 4) is 11.5 Å². The Kier molecular flexibility index (Phi) is 7.81. The molecule has 0 saturated carbocycles. The number of hydrogen-bond acceptors (Lipinski definition) is 5. The van der Waals surface area contributed by atoms with E-state index >= 15 is 0 Å². The first-order valence-corrected chi connectivity index (χ1v) is 12.1. The zero-order chi connectivity index (χ0) is 22.2. The van der Waals surface area contributed by atoms with E-state index in [1.807, 2.05) is 30.3 Å². The first-order valence-electron chi connectivity index (χ1n) is 12.1. The second-order valence-corrected chi connectivity index (χ2v) is 9.13. The predicted molar refractivity (Wildman–Crippen MR) is 130 cm³/mol. The van der Waals surface area contributed by atoms with Gasteiger partial charge in [0.25, 0.3) is 0 Å². The van der Waals surface area contributed by atoms with Crippen LogP contribution in [0.25, 0.3) is 11.5 Å². The highest BCUT2D eigenvalue weighted by molar-refractivity contribution is 5.79. The number of benzene rings is 1. The third kappa shape index (κ3) is 5.70. The van der Waals surface area contributed by atoms with Gasteiger partial charge in [-0.05, 0) is 78.0 Å². The minimum Gasteiger partial charge on any atom is -0.444 e. The largest absolute Gasteiger partial charge is 0.444 e. The van der Waals surface area contributed by atoms with Gasteiger partial charge < -0.3 is 20.0 Å². The van der Waals surface area contributed by atoms with Crippen molar-refractivity contribution in [1.82, 2.24) is 25.4 Å². The van der Waals surface area contributed by atoms with Crippen molar-refractivity contribution in [2.75, 3.05) is 46.3 Å². The lowest BCUT2D eigenvalue weighted by molar-refractivity contribution is 0.0173. The van der Waals surface area contributed by atoms with Crippen LogP contribution >= 0.6 is 0 Å². The minimum atomic E-state index is 0.220. The number of nitrogens with one attached hydrogen (secondary N) is 2. The topological polar surface area (TPSA) is 68.9 Å². The molecule has 1 aromatic heterocycles. The minimum absolute atomic E-state index is 0.220. The molecule has 4 rings (SSSR count). The highest BCUT2D eigenvalue weighted by atomic mass is 16.3. The van der Waals surface area contributed by atoms with Gasteiger partial charge in [-0.3, -0.25) is 4.90 Å². The molecule has 0 spiro atoms. The second kappa shape index (κ2) is 11.0. The van der Waals surface area contributed by atoms with Crippen molar-refractivity contribution in [3.05, 3.63) is 42.3 Å². The zero-order valence-corrected chi connectivity index (χ0v) is 19.6. The molecule has 1 aromatic carbocycles. The van der Waals surface area contributed by atoms with Crippen LogP contribution < -0.4 is 10.6 Å². The van der Waals surface area contributed by atoms with E-state index in [-0.39, 0.29) is 5.54 Å². The number of rotatable bonds is 7. The molecule has 0 amide bonds. The van der Waals surface area contributed by atoms with Crippen molar-refractivity contribution >= 4 is 5.96 Å². The van der Waals surface area contributed by atoms with Crippen molar-refractivity contribution in [1.29, 1.82) is 0 Å². The van der Waals surface area contributed by atoms with E-state index in [0.717, 1.165) is 43.4 Å². The molecule has 2 aliphatic rings. The maximum atomic E-state index is 5.67. The van der Waals surface area contributed by atoms with Gasteiger partial charge in [-0.1, -0.05) is 24.6 Å². The fraction of sp³-hybridized carbons (Fsp3) is 0.600. The van der Waals surface area contributed by atoms with E-state index in [1.54, 1.807) is 6.26 Å². The highest BCUT2D eigenvalue weighted by Crippen LogP contribution is 2.30. The number of hydrogen-bond donors (Lipinski definition) is 2. The average Bonchev–Trinajstić information content (AvgIpc) is 3.32. The quantitative estimate of drug-likeness (QED) is 0.510. The molecule has 2 saturated heterocycles. The summed E-state index contributed by atoms with van der Waals surface area (Å²) in [5.74, 6) is 1.50. The number of nitrogens with zero attached hydrogens (tertiary/aromatic N) is 4. The van der Waals surface area contributed by atoms with E-state index in [9.17, 15) is 0 Å². The monoisotopic (exact) mass is 438 g/mol. The van der Waals surface area contributed by atoms with E-state index in [0.29, 0.717) is 12.4 Å². The Morgan fingerprint density at radius 2 is 1.81 bits per heavy atom. The molecule has 2 N–H and O–H groups in total. The molecular weight excluding hydrogens is 400 g/mol. The summed E-state index contributed by atoms with van der Waals surface area (Å²) in [6.07, 6.45) is 8.14. The van der Waals surface area contributed by atoms with Gasteiger partial charge in [0.1, 0.15) is 12.0 Å². The molecule has 174 valence electrons. The van der Waals surface area contributed by atoms with Gasteiger partial charge in [-0.2, -0.15) is 0 Å². The van der Waals surface area contributed by atoms with Gasteiger partial charge >= 0.3 is 0 Å². The Morgan fingerprint density at radius 3 is 2.53 bits per heavy atom. The second-order valence-electron chi connectivity index (χ2n) is 9.13. The summed E-state index contributed by atoms with van der Waals surface area (Å²) >= 11 is 0. The molecule has 2 fully saturated rings. The summed E-state index contributed by atoms with van der Waals surface area (Å²) in [6, 6.07) is 9.99. The smallest absolute Gasteiger partial charge is 0.226 e. The van der Waals surface area contributed by atoms with Crippen LogP contribution in [0.5, 0.6) is 0 Å². The molecule has 32 heavy (non-hydrogen) atoms. The van der Waals surface area contributed by atoms with Crippen LogP contribution in [0.3, 0.4) is 0 Å². The summed E-state index contributed by atoms with van der Waals surface area (Å²) in [6.45, 7) is 9.13. The summed E-state index contributed by atoms with van der Waals surface area (Å²) in [5, 5.41) is 7.08. The summed E-state index contributed by atoms with van der Waals surface area (Å²) in [5.41, 5.74) is 2.04. The van der Waals surface area contributed by atoms with E-state index in [1.165, 1.54) is 45.2 Å². The standard InChI is InChI=1S/C25H38N6O/c1-3-26-24(27-18-22-19-32-23(29-22)21-10-6-4-7-11-21)28-20-25(12-16-30(2)17-13-25)31-14-8-5-9-15-31/h4,6-7,10-11,19H,3,5,8-9,12-18,20H2,1-2H3,(H2,26,27,28). The Morgan fingerprint density at radius 1 is 1.06 bits per heavy atom. The van der Waals surface area contributed by atoms with Crippen LogP contribution in [0.4, 0.5) is 0 Å². The lowest BCUT2D eigenvalue weighted by Gasteiger charge is -2.50. The van der Waals surface area contributed by atoms with Crippen LogP contribution in [0, 0.1) is 0 Å². The molecule has 0 atom stereocenters. The predicted octanol–water partition coefficient (Wildman–Crippen LogP) is 3.35. The molecule has 0 radical (unpaired) electrons. The van der Waals surface area contributed by atoms with Gasteiger partial charge in [-0.15, -0.1) is 0 Å². The van der Waals surface area contributed by atoms with E-state index in [2.05, 4.69) is 39.4 Å². The van der Waals surface area contributed by atoms with Crippen LogP contribution in [0.2, 0.25) is 0 Å². The fourth-order valence-electron chi connectivity index (χ4n) is 4.85. The first-order chi connectivity index (χ1) is 15.7. The van der Waals surface area contributed by atoms with Gasteiger partial charge in [0.05, 0.1) is 6.54 Å². The summed E-state index contributed by atoms with van der Waals surface area (Å²) in [4.78, 5) is 14.6. The SMILES string of the molecule is CCNC(=NCc1coc(-c2ccccc2)n1)NCC1(N2CCCCC2)CCN(C)CC1. The molecule has 7 nitrogen and oxygen atoms in total. The van der Waals surface area contributed by atoms with Crippen LogP contribution in [-0.2, 0) is 6.54 Å². The number of likely N-dealkylation sites (tertiary alicyclic amines) is 2. The zero-order valence-electron chi connectivity index (χ0n) is 19.6.